The average molecular weight is 310 g/mol. The van der Waals surface area contributed by atoms with Gasteiger partial charge in [0.1, 0.15) is 0 Å². The van der Waals surface area contributed by atoms with E-state index in [9.17, 15) is 0 Å². The van der Waals surface area contributed by atoms with E-state index >= 15 is 0 Å². The van der Waals surface area contributed by atoms with Crippen LogP contribution in [0.5, 0.6) is 11.8 Å². The van der Waals surface area contributed by atoms with E-state index in [4.69, 9.17) is 20.1 Å². The summed E-state index contributed by atoms with van der Waals surface area (Å²) in [7, 11) is 0. The highest BCUT2D eigenvalue weighted by atomic mass is 16.5. The first-order chi connectivity index (χ1) is 10.7. The van der Waals surface area contributed by atoms with Crippen LogP contribution in [-0.4, -0.2) is 66.0 Å². The van der Waals surface area contributed by atoms with E-state index in [1.807, 2.05) is 6.92 Å². The zero-order valence-electron chi connectivity index (χ0n) is 12.1. The van der Waals surface area contributed by atoms with Gasteiger partial charge < -0.3 is 20.1 Å². The molecule has 0 atom stereocenters. The minimum absolute atomic E-state index is 0.156. The van der Waals surface area contributed by atoms with Crippen LogP contribution in [0, 0.1) is 5.41 Å². The summed E-state index contributed by atoms with van der Waals surface area (Å²) in [6.07, 6.45) is 3.53. The maximum atomic E-state index is 8.66. The van der Waals surface area contributed by atoms with Crippen molar-refractivity contribution in [2.75, 3.05) is 19.8 Å². The van der Waals surface area contributed by atoms with E-state index in [-0.39, 0.29) is 19.8 Å². The Balaban J connectivity index is 0.000000239. The maximum Gasteiger partial charge on any atom is 0.244 e. The third kappa shape index (κ3) is 5.60. The van der Waals surface area contributed by atoms with E-state index < -0.39 is 5.41 Å². The molecule has 0 aliphatic carbocycles. The molecule has 2 rings (SSSR count). The van der Waals surface area contributed by atoms with Crippen LogP contribution < -0.4 is 4.74 Å². The summed E-state index contributed by atoms with van der Waals surface area (Å²) in [6, 6.07) is 3.13. The fraction of sp³-hybridized carbons (Fsp3) is 0.500. The fourth-order valence-electron chi connectivity index (χ4n) is 1.16. The quantitative estimate of drug-likeness (QED) is 0.619. The maximum absolute atomic E-state index is 8.66. The molecule has 0 saturated heterocycles. The summed E-state index contributed by atoms with van der Waals surface area (Å²) in [5.41, 5.74) is -0.667. The van der Waals surface area contributed by atoms with Crippen molar-refractivity contribution in [1.82, 2.24) is 30.8 Å². The summed E-state index contributed by atoms with van der Waals surface area (Å²) in [6.45, 7) is 1.35. The van der Waals surface area contributed by atoms with Gasteiger partial charge >= 0.3 is 0 Å². The molecule has 0 spiro atoms. The second-order valence-corrected chi connectivity index (χ2v) is 4.35. The lowest BCUT2D eigenvalue weighted by atomic mass is 9.88. The Hall–Kier alpha value is -2.30. The molecule has 22 heavy (non-hydrogen) atoms. The smallest absolute Gasteiger partial charge is 0.244 e. The Bertz CT molecular complexity index is 457. The molecule has 0 aliphatic rings. The molecular weight excluding hydrogens is 292 g/mol. The van der Waals surface area contributed by atoms with E-state index in [1.54, 1.807) is 12.1 Å². The van der Waals surface area contributed by atoms with Gasteiger partial charge in [-0.15, -0.1) is 10.2 Å². The lowest BCUT2D eigenvalue weighted by Crippen LogP contribution is -2.32. The van der Waals surface area contributed by atoms with Crippen molar-refractivity contribution in [3.05, 3.63) is 24.5 Å². The zero-order chi connectivity index (χ0) is 16.3. The second-order valence-electron chi connectivity index (χ2n) is 4.35. The van der Waals surface area contributed by atoms with Gasteiger partial charge in [0, 0.05) is 17.5 Å². The highest BCUT2D eigenvalue weighted by Gasteiger charge is 2.24. The van der Waals surface area contributed by atoms with Crippen LogP contribution in [0.1, 0.15) is 13.3 Å². The Kier molecular flexibility index (Phi) is 7.75. The van der Waals surface area contributed by atoms with Crippen LogP contribution in [0.3, 0.4) is 0 Å². The van der Waals surface area contributed by atoms with Gasteiger partial charge in [-0.2, -0.15) is 0 Å². The standard InChI is InChI=1S/C6H4N6O.C6H14O3/c1-3-7-11-9-5(1)13-6-2-4-8-12-10-6;1-2-6(3-7,4-8)5-9/h1-4H;7-9H,2-5H2,1H3. The lowest BCUT2D eigenvalue weighted by molar-refractivity contribution is 0.00304. The predicted octanol–water partition coefficient (Wildman–Crippen LogP) is -0.791. The van der Waals surface area contributed by atoms with Crippen molar-refractivity contribution < 1.29 is 20.1 Å². The molecule has 0 radical (unpaired) electrons. The van der Waals surface area contributed by atoms with Crippen LogP contribution in [0.15, 0.2) is 24.5 Å². The number of aromatic nitrogens is 6. The Morgan fingerprint density at radius 2 is 1.36 bits per heavy atom. The van der Waals surface area contributed by atoms with Crippen LogP contribution in [-0.2, 0) is 0 Å². The van der Waals surface area contributed by atoms with Crippen molar-refractivity contribution in [3.63, 3.8) is 0 Å². The highest BCUT2D eigenvalue weighted by molar-refractivity contribution is 5.13. The minimum atomic E-state index is -0.667. The molecule has 0 bridgehead atoms. The van der Waals surface area contributed by atoms with Crippen molar-refractivity contribution in [3.8, 4) is 11.8 Å². The average Bonchev–Trinajstić information content (AvgIpc) is 2.60. The summed E-state index contributed by atoms with van der Waals surface area (Å²) in [5, 5.41) is 47.0. The number of hydrogen-bond acceptors (Lipinski definition) is 10. The Morgan fingerprint density at radius 3 is 1.59 bits per heavy atom. The van der Waals surface area contributed by atoms with Crippen molar-refractivity contribution >= 4 is 0 Å². The third-order valence-corrected chi connectivity index (χ3v) is 2.92. The molecule has 10 heteroatoms. The first-order valence-corrected chi connectivity index (χ1v) is 6.49. The first-order valence-electron chi connectivity index (χ1n) is 6.49. The molecule has 0 fully saturated rings. The fourth-order valence-corrected chi connectivity index (χ4v) is 1.16. The molecule has 2 aromatic heterocycles. The van der Waals surface area contributed by atoms with Gasteiger partial charge in [-0.1, -0.05) is 17.1 Å². The molecule has 0 aliphatic heterocycles. The van der Waals surface area contributed by atoms with Crippen molar-refractivity contribution in [2.45, 2.75) is 13.3 Å². The molecular formula is C12H18N6O4. The monoisotopic (exact) mass is 310 g/mol. The number of ether oxygens (including phenoxy) is 1. The van der Waals surface area contributed by atoms with E-state index in [2.05, 4.69) is 30.8 Å². The summed E-state index contributed by atoms with van der Waals surface area (Å²) >= 11 is 0. The lowest BCUT2D eigenvalue weighted by Gasteiger charge is -2.24. The number of aliphatic hydroxyl groups excluding tert-OH is 3. The Labute approximate surface area is 126 Å². The minimum Gasteiger partial charge on any atom is -0.417 e. The molecule has 0 unspecified atom stereocenters. The van der Waals surface area contributed by atoms with Crippen molar-refractivity contribution in [2.24, 2.45) is 5.41 Å². The molecule has 120 valence electrons. The summed E-state index contributed by atoms with van der Waals surface area (Å²) in [4.78, 5) is 0. The molecule has 0 aromatic carbocycles. The van der Waals surface area contributed by atoms with Gasteiger partial charge in [0.15, 0.2) is 0 Å². The molecule has 0 saturated carbocycles. The second kappa shape index (κ2) is 9.60. The molecule has 3 N–H and O–H groups in total. The van der Waals surface area contributed by atoms with Crippen LogP contribution in [0.2, 0.25) is 0 Å². The SMILES string of the molecule is CCC(CO)(CO)CO.c1cc(Oc2ccnnn2)nnn1. The summed E-state index contributed by atoms with van der Waals surface area (Å²) in [5.74, 6) is 0.631. The predicted molar refractivity (Wildman–Crippen MR) is 73.7 cm³/mol. The van der Waals surface area contributed by atoms with E-state index in [0.29, 0.717) is 18.2 Å². The van der Waals surface area contributed by atoms with Crippen LogP contribution in [0.4, 0.5) is 0 Å². The third-order valence-electron chi connectivity index (χ3n) is 2.92. The number of hydrogen-bond donors (Lipinski definition) is 3. The van der Waals surface area contributed by atoms with Gasteiger partial charge in [0.2, 0.25) is 11.8 Å². The van der Waals surface area contributed by atoms with Gasteiger partial charge in [-0.05, 0) is 16.8 Å². The molecule has 2 aromatic rings. The normalized spacial score (nSPS) is 10.5. The largest absolute Gasteiger partial charge is 0.417 e. The van der Waals surface area contributed by atoms with Crippen LogP contribution >= 0.6 is 0 Å². The number of aliphatic hydroxyl groups is 3. The molecule has 2 heterocycles. The van der Waals surface area contributed by atoms with E-state index in [1.165, 1.54) is 12.4 Å². The number of rotatable bonds is 6. The topological polar surface area (TPSA) is 147 Å². The Morgan fingerprint density at radius 1 is 0.909 bits per heavy atom. The first kappa shape index (κ1) is 17.8. The molecule has 10 nitrogen and oxygen atoms in total. The van der Waals surface area contributed by atoms with Gasteiger partial charge in [0.25, 0.3) is 0 Å². The molecule has 0 amide bonds. The van der Waals surface area contributed by atoms with E-state index in [0.717, 1.165) is 0 Å². The summed E-state index contributed by atoms with van der Waals surface area (Å²) < 4.78 is 5.15. The van der Waals surface area contributed by atoms with Crippen molar-refractivity contribution in [1.29, 1.82) is 0 Å². The van der Waals surface area contributed by atoms with Gasteiger partial charge in [-0.3, -0.25) is 0 Å². The number of nitrogens with zero attached hydrogens (tertiary/aromatic N) is 6. The zero-order valence-corrected chi connectivity index (χ0v) is 12.1. The highest BCUT2D eigenvalue weighted by Crippen LogP contribution is 2.18. The van der Waals surface area contributed by atoms with Crippen LogP contribution in [0.25, 0.3) is 0 Å². The van der Waals surface area contributed by atoms with Gasteiger partial charge in [0.05, 0.1) is 32.2 Å². The van der Waals surface area contributed by atoms with Gasteiger partial charge in [-0.25, -0.2) is 0 Å².